The highest BCUT2D eigenvalue weighted by Crippen LogP contribution is 2.37. The van der Waals surface area contributed by atoms with Gasteiger partial charge >= 0.3 is 0 Å². The van der Waals surface area contributed by atoms with Gasteiger partial charge in [0.15, 0.2) is 5.82 Å². The van der Waals surface area contributed by atoms with E-state index in [1.54, 1.807) is 16.4 Å². The number of hydrogen-bond acceptors (Lipinski definition) is 5. The molecule has 1 N–H and O–H groups in total. The van der Waals surface area contributed by atoms with Crippen molar-refractivity contribution in [1.29, 1.82) is 0 Å². The molecule has 0 bridgehead atoms. The number of benzene rings is 2. The molecular formula is C18H17N5OS. The number of carbonyl (C=O) groups excluding carboxylic acids is 1. The Labute approximate surface area is 149 Å². The molecule has 0 radical (unpaired) electrons. The van der Waals surface area contributed by atoms with E-state index in [2.05, 4.69) is 26.9 Å². The van der Waals surface area contributed by atoms with E-state index in [-0.39, 0.29) is 11.2 Å². The van der Waals surface area contributed by atoms with Crippen molar-refractivity contribution in [3.05, 3.63) is 65.5 Å². The monoisotopic (exact) mass is 351 g/mol. The van der Waals surface area contributed by atoms with Crippen LogP contribution in [0.2, 0.25) is 0 Å². The van der Waals surface area contributed by atoms with Crippen molar-refractivity contribution >= 4 is 23.4 Å². The Bertz CT molecular complexity index is 923. The number of nitrogens with one attached hydrogen (secondary N) is 1. The van der Waals surface area contributed by atoms with E-state index >= 15 is 0 Å². The molecule has 0 spiro atoms. The number of rotatable bonds is 3. The first-order valence-corrected chi connectivity index (χ1v) is 9.13. The maximum Gasteiger partial charge on any atom is 0.242 e. The number of fused-ring (bicyclic) bond motifs is 1. The summed E-state index contributed by atoms with van der Waals surface area (Å²) in [4.78, 5) is 12.8. The molecule has 0 fully saturated rings. The van der Waals surface area contributed by atoms with Crippen molar-refractivity contribution < 1.29 is 4.79 Å². The smallest absolute Gasteiger partial charge is 0.242 e. The van der Waals surface area contributed by atoms with E-state index in [9.17, 15) is 4.79 Å². The number of tetrazole rings is 1. The van der Waals surface area contributed by atoms with Gasteiger partial charge in [-0.1, -0.05) is 30.3 Å². The van der Waals surface area contributed by atoms with Crippen molar-refractivity contribution in [1.82, 2.24) is 20.2 Å². The number of anilines is 1. The third-order valence-corrected chi connectivity index (χ3v) is 5.46. The van der Waals surface area contributed by atoms with Crippen LogP contribution in [0, 0.1) is 6.92 Å². The van der Waals surface area contributed by atoms with Gasteiger partial charge in [-0.15, -0.1) is 16.9 Å². The number of thioether (sulfide) groups is 1. The molecule has 1 aromatic heterocycles. The number of nitrogens with zero attached hydrogens (tertiary/aromatic N) is 4. The SMILES string of the molecule is Cc1nnnn1-c1cccc(NC(=O)C2SCCc3ccccc32)c1. The van der Waals surface area contributed by atoms with Gasteiger partial charge in [0.25, 0.3) is 0 Å². The zero-order chi connectivity index (χ0) is 17.2. The zero-order valence-corrected chi connectivity index (χ0v) is 14.5. The van der Waals surface area contributed by atoms with Gasteiger partial charge in [-0.05, 0) is 58.9 Å². The van der Waals surface area contributed by atoms with Crippen molar-refractivity contribution in [2.45, 2.75) is 18.6 Å². The first-order chi connectivity index (χ1) is 12.2. The minimum absolute atomic E-state index is 0.00253. The molecule has 7 heteroatoms. The summed E-state index contributed by atoms with van der Waals surface area (Å²) >= 11 is 1.69. The Morgan fingerprint density at radius 1 is 1.24 bits per heavy atom. The summed E-state index contributed by atoms with van der Waals surface area (Å²) in [6.45, 7) is 1.83. The van der Waals surface area contributed by atoms with E-state index in [4.69, 9.17) is 0 Å². The molecule has 3 aromatic rings. The van der Waals surface area contributed by atoms with E-state index < -0.39 is 0 Å². The van der Waals surface area contributed by atoms with E-state index in [0.29, 0.717) is 5.82 Å². The maximum atomic E-state index is 12.8. The summed E-state index contributed by atoms with van der Waals surface area (Å²) < 4.78 is 1.64. The fourth-order valence-electron chi connectivity index (χ4n) is 3.00. The number of carbonyl (C=O) groups is 1. The van der Waals surface area contributed by atoms with Crippen LogP contribution in [0.15, 0.2) is 48.5 Å². The lowest BCUT2D eigenvalue weighted by Gasteiger charge is -2.24. The molecule has 2 aromatic carbocycles. The quantitative estimate of drug-likeness (QED) is 0.785. The second-order valence-electron chi connectivity index (χ2n) is 5.88. The van der Waals surface area contributed by atoms with Gasteiger partial charge in [-0.3, -0.25) is 4.79 Å². The Hall–Kier alpha value is -2.67. The van der Waals surface area contributed by atoms with Crippen molar-refractivity contribution in [2.24, 2.45) is 0 Å². The third kappa shape index (κ3) is 3.15. The number of hydrogen-bond donors (Lipinski definition) is 1. The first-order valence-electron chi connectivity index (χ1n) is 8.08. The molecule has 25 heavy (non-hydrogen) atoms. The van der Waals surface area contributed by atoms with Crippen molar-refractivity contribution in [2.75, 3.05) is 11.1 Å². The van der Waals surface area contributed by atoms with Crippen LogP contribution in [-0.4, -0.2) is 31.9 Å². The molecule has 0 aliphatic carbocycles. The fourth-order valence-corrected chi connectivity index (χ4v) is 4.20. The molecular weight excluding hydrogens is 334 g/mol. The fraction of sp³-hybridized carbons (Fsp3) is 0.222. The van der Waals surface area contributed by atoms with Gasteiger partial charge in [0.2, 0.25) is 5.91 Å². The maximum absolute atomic E-state index is 12.8. The summed E-state index contributed by atoms with van der Waals surface area (Å²) in [7, 11) is 0. The van der Waals surface area contributed by atoms with Crippen LogP contribution < -0.4 is 5.32 Å². The van der Waals surface area contributed by atoms with Crippen molar-refractivity contribution in [3.63, 3.8) is 0 Å². The van der Waals surface area contributed by atoms with Crippen LogP contribution in [0.5, 0.6) is 0 Å². The summed E-state index contributed by atoms with van der Waals surface area (Å²) in [5, 5.41) is 14.4. The summed E-state index contributed by atoms with van der Waals surface area (Å²) in [5.41, 5.74) is 3.93. The zero-order valence-electron chi connectivity index (χ0n) is 13.7. The minimum Gasteiger partial charge on any atom is -0.325 e. The molecule has 1 aliphatic heterocycles. The largest absolute Gasteiger partial charge is 0.325 e. The molecule has 1 amide bonds. The topological polar surface area (TPSA) is 72.7 Å². The van der Waals surface area contributed by atoms with E-state index in [1.807, 2.05) is 49.4 Å². The Morgan fingerprint density at radius 3 is 2.96 bits per heavy atom. The minimum atomic E-state index is -0.177. The van der Waals surface area contributed by atoms with Crippen molar-refractivity contribution in [3.8, 4) is 5.69 Å². The van der Waals surface area contributed by atoms with Gasteiger partial charge in [0.1, 0.15) is 5.25 Å². The Balaban J connectivity index is 1.57. The number of aromatic nitrogens is 4. The second kappa shape index (κ2) is 6.68. The molecule has 6 nitrogen and oxygen atoms in total. The van der Waals surface area contributed by atoms with Gasteiger partial charge in [0.05, 0.1) is 5.69 Å². The number of amides is 1. The third-order valence-electron chi connectivity index (χ3n) is 4.22. The average molecular weight is 351 g/mol. The predicted molar refractivity (Wildman–Crippen MR) is 97.9 cm³/mol. The van der Waals surface area contributed by atoms with Gasteiger partial charge < -0.3 is 5.32 Å². The van der Waals surface area contributed by atoms with Gasteiger partial charge in [-0.25, -0.2) is 0 Å². The van der Waals surface area contributed by atoms with Crippen LogP contribution in [0.25, 0.3) is 5.69 Å². The van der Waals surface area contributed by atoms with Crippen LogP contribution >= 0.6 is 11.8 Å². The summed E-state index contributed by atoms with van der Waals surface area (Å²) in [6.07, 6.45) is 1.01. The lowest BCUT2D eigenvalue weighted by molar-refractivity contribution is -0.115. The van der Waals surface area contributed by atoms with Crippen LogP contribution in [-0.2, 0) is 11.2 Å². The highest BCUT2D eigenvalue weighted by molar-refractivity contribution is 8.00. The normalized spacial score (nSPS) is 16.3. The first kappa shape index (κ1) is 15.8. The highest BCUT2D eigenvalue weighted by atomic mass is 32.2. The molecule has 0 saturated carbocycles. The molecule has 4 rings (SSSR count). The molecule has 1 atom stereocenters. The number of aryl methyl sites for hydroxylation is 2. The Morgan fingerprint density at radius 2 is 2.12 bits per heavy atom. The van der Waals surface area contributed by atoms with E-state index in [0.717, 1.165) is 29.1 Å². The standard InChI is InChI=1S/C18H17N5OS/c1-12-20-21-22-23(12)15-7-4-6-14(11-15)19-18(24)17-16-8-3-2-5-13(16)9-10-25-17/h2-8,11,17H,9-10H2,1H3,(H,19,24). The lowest BCUT2D eigenvalue weighted by atomic mass is 10.0. The molecule has 2 heterocycles. The van der Waals surface area contributed by atoms with E-state index in [1.165, 1.54) is 5.56 Å². The van der Waals surface area contributed by atoms with Crippen LogP contribution in [0.3, 0.4) is 0 Å². The Kier molecular flexibility index (Phi) is 4.23. The summed E-state index contributed by atoms with van der Waals surface area (Å²) in [5.74, 6) is 1.65. The predicted octanol–water partition coefficient (Wildman–Crippen LogP) is 2.94. The summed E-state index contributed by atoms with van der Waals surface area (Å²) in [6, 6.07) is 15.7. The van der Waals surface area contributed by atoms with Gasteiger partial charge in [-0.2, -0.15) is 4.68 Å². The van der Waals surface area contributed by atoms with Crippen LogP contribution in [0.4, 0.5) is 5.69 Å². The van der Waals surface area contributed by atoms with Crippen LogP contribution in [0.1, 0.15) is 22.2 Å². The highest BCUT2D eigenvalue weighted by Gasteiger charge is 2.26. The second-order valence-corrected chi connectivity index (χ2v) is 7.09. The molecule has 1 unspecified atom stereocenters. The molecule has 126 valence electrons. The van der Waals surface area contributed by atoms with Gasteiger partial charge in [0, 0.05) is 5.69 Å². The molecule has 1 aliphatic rings. The average Bonchev–Trinajstić information content (AvgIpc) is 3.07. The lowest BCUT2D eigenvalue weighted by Crippen LogP contribution is -2.23. The molecule has 0 saturated heterocycles.